The zero-order valence-corrected chi connectivity index (χ0v) is 13.9. The molecule has 1 aromatic carbocycles. The lowest BCUT2D eigenvalue weighted by molar-refractivity contribution is -0.384. The molecule has 6 nitrogen and oxygen atoms in total. The van der Waals surface area contributed by atoms with Gasteiger partial charge in [0.15, 0.2) is 5.88 Å². The maximum Gasteiger partial charge on any atom is 0.270 e. The molecule has 1 fully saturated rings. The van der Waals surface area contributed by atoms with E-state index in [4.69, 9.17) is 4.42 Å². The Kier molecular flexibility index (Phi) is 5.14. The van der Waals surface area contributed by atoms with Crippen molar-refractivity contribution in [2.75, 3.05) is 18.0 Å². The van der Waals surface area contributed by atoms with Crippen molar-refractivity contribution in [2.24, 2.45) is 0 Å². The molecule has 0 amide bonds. The SMILES string of the molecule is N#C/C(=C/c1ccc(N2CCCCCC2)o1)c1cccc([N+](=O)[O-])c1. The van der Waals surface area contributed by atoms with Crippen LogP contribution in [0.4, 0.5) is 11.6 Å². The van der Waals surface area contributed by atoms with E-state index in [9.17, 15) is 15.4 Å². The summed E-state index contributed by atoms with van der Waals surface area (Å²) in [4.78, 5) is 12.7. The highest BCUT2D eigenvalue weighted by molar-refractivity contribution is 5.89. The highest BCUT2D eigenvalue weighted by atomic mass is 16.6. The van der Waals surface area contributed by atoms with Crippen molar-refractivity contribution in [1.29, 1.82) is 5.26 Å². The number of furan rings is 1. The number of hydrogen-bond donors (Lipinski definition) is 0. The van der Waals surface area contributed by atoms with Crippen LogP contribution in [0.15, 0.2) is 40.8 Å². The number of anilines is 1. The number of nitro benzene ring substituents is 1. The molecule has 2 aromatic rings. The normalized spacial score (nSPS) is 15.5. The Labute approximate surface area is 146 Å². The second-order valence-electron chi connectivity index (χ2n) is 6.05. The minimum absolute atomic E-state index is 0.0386. The fourth-order valence-electron chi connectivity index (χ4n) is 2.99. The molecule has 0 atom stereocenters. The first-order valence-corrected chi connectivity index (χ1v) is 8.39. The molecular formula is C19H19N3O3. The average Bonchev–Trinajstić information content (AvgIpc) is 2.92. The monoisotopic (exact) mass is 337 g/mol. The van der Waals surface area contributed by atoms with Gasteiger partial charge in [0.05, 0.1) is 16.6 Å². The summed E-state index contributed by atoms with van der Waals surface area (Å²) < 4.78 is 5.87. The Hall–Kier alpha value is -3.07. The van der Waals surface area contributed by atoms with Gasteiger partial charge in [-0.25, -0.2) is 0 Å². The lowest BCUT2D eigenvalue weighted by Gasteiger charge is -2.18. The van der Waals surface area contributed by atoms with Gasteiger partial charge in [0, 0.05) is 31.3 Å². The highest BCUT2D eigenvalue weighted by Gasteiger charge is 2.14. The summed E-state index contributed by atoms with van der Waals surface area (Å²) in [7, 11) is 0. The fraction of sp³-hybridized carbons (Fsp3) is 0.316. The van der Waals surface area contributed by atoms with Crippen LogP contribution in [0.5, 0.6) is 0 Å². The Morgan fingerprint density at radius 1 is 1.20 bits per heavy atom. The second-order valence-corrected chi connectivity index (χ2v) is 6.05. The molecule has 0 saturated carbocycles. The molecule has 0 unspecified atom stereocenters. The van der Waals surface area contributed by atoms with Crippen LogP contribution in [-0.4, -0.2) is 18.0 Å². The first kappa shape index (κ1) is 16.8. The number of allylic oxidation sites excluding steroid dienone is 1. The zero-order chi connectivity index (χ0) is 17.6. The molecule has 0 radical (unpaired) electrons. The van der Waals surface area contributed by atoms with Gasteiger partial charge in [0.2, 0.25) is 0 Å². The van der Waals surface area contributed by atoms with Gasteiger partial charge in [-0.1, -0.05) is 25.0 Å². The molecule has 25 heavy (non-hydrogen) atoms. The summed E-state index contributed by atoms with van der Waals surface area (Å²) in [6.07, 6.45) is 6.43. The predicted octanol–water partition coefficient (Wildman–Crippen LogP) is 4.63. The summed E-state index contributed by atoms with van der Waals surface area (Å²) in [6.45, 7) is 1.96. The Bertz CT molecular complexity index is 824. The van der Waals surface area contributed by atoms with Gasteiger partial charge in [0.25, 0.3) is 5.69 Å². The maximum atomic E-state index is 10.9. The van der Waals surface area contributed by atoms with Crippen LogP contribution in [0.1, 0.15) is 37.0 Å². The van der Waals surface area contributed by atoms with Gasteiger partial charge >= 0.3 is 0 Å². The third kappa shape index (κ3) is 4.07. The summed E-state index contributed by atoms with van der Waals surface area (Å²) in [5.41, 5.74) is 0.799. The number of rotatable bonds is 4. The van der Waals surface area contributed by atoms with Crippen molar-refractivity contribution in [3.8, 4) is 6.07 Å². The third-order valence-corrected chi connectivity index (χ3v) is 4.31. The van der Waals surface area contributed by atoms with E-state index in [1.54, 1.807) is 18.2 Å². The molecule has 0 bridgehead atoms. The number of nitriles is 1. The molecule has 1 saturated heterocycles. The lowest BCUT2D eigenvalue weighted by atomic mass is 10.1. The van der Waals surface area contributed by atoms with Crippen LogP contribution in [0.25, 0.3) is 11.6 Å². The molecule has 3 rings (SSSR count). The highest BCUT2D eigenvalue weighted by Crippen LogP contribution is 2.26. The topological polar surface area (TPSA) is 83.3 Å². The van der Waals surface area contributed by atoms with Crippen molar-refractivity contribution in [3.63, 3.8) is 0 Å². The van der Waals surface area contributed by atoms with Crippen molar-refractivity contribution >= 4 is 23.2 Å². The van der Waals surface area contributed by atoms with Gasteiger partial charge < -0.3 is 9.32 Å². The van der Waals surface area contributed by atoms with Crippen LogP contribution >= 0.6 is 0 Å². The van der Waals surface area contributed by atoms with E-state index in [2.05, 4.69) is 11.0 Å². The van der Waals surface area contributed by atoms with Crippen LogP contribution < -0.4 is 4.90 Å². The van der Waals surface area contributed by atoms with Crippen molar-refractivity contribution in [2.45, 2.75) is 25.7 Å². The smallest absolute Gasteiger partial charge is 0.270 e. The minimum Gasteiger partial charge on any atom is -0.441 e. The van der Waals surface area contributed by atoms with Gasteiger partial charge in [-0.2, -0.15) is 5.26 Å². The van der Waals surface area contributed by atoms with E-state index >= 15 is 0 Å². The first-order valence-electron chi connectivity index (χ1n) is 8.39. The fourth-order valence-corrected chi connectivity index (χ4v) is 2.99. The predicted molar refractivity (Wildman–Crippen MR) is 96.0 cm³/mol. The Morgan fingerprint density at radius 2 is 1.96 bits per heavy atom. The summed E-state index contributed by atoms with van der Waals surface area (Å²) in [5.74, 6) is 1.38. The van der Waals surface area contributed by atoms with Gasteiger partial charge in [-0.3, -0.25) is 10.1 Å². The van der Waals surface area contributed by atoms with Crippen molar-refractivity contribution in [3.05, 3.63) is 57.8 Å². The maximum absolute atomic E-state index is 10.9. The molecule has 6 heteroatoms. The molecule has 0 N–H and O–H groups in total. The molecular weight excluding hydrogens is 318 g/mol. The van der Waals surface area contributed by atoms with E-state index in [0.717, 1.165) is 31.8 Å². The molecule has 128 valence electrons. The van der Waals surface area contributed by atoms with E-state index in [1.165, 1.54) is 25.0 Å². The quantitative estimate of drug-likeness (QED) is 0.461. The van der Waals surface area contributed by atoms with E-state index in [-0.39, 0.29) is 5.69 Å². The second kappa shape index (κ2) is 7.67. The van der Waals surface area contributed by atoms with E-state index in [0.29, 0.717) is 16.9 Å². The first-order chi connectivity index (χ1) is 12.2. The number of non-ortho nitro benzene ring substituents is 1. The number of hydrogen-bond acceptors (Lipinski definition) is 5. The zero-order valence-electron chi connectivity index (χ0n) is 13.9. The van der Waals surface area contributed by atoms with Crippen LogP contribution in [0.2, 0.25) is 0 Å². The van der Waals surface area contributed by atoms with Gasteiger partial charge in [0.1, 0.15) is 5.76 Å². The molecule has 1 aromatic heterocycles. The van der Waals surface area contributed by atoms with Gasteiger partial charge in [-0.15, -0.1) is 0 Å². The van der Waals surface area contributed by atoms with Crippen LogP contribution in [-0.2, 0) is 0 Å². The minimum atomic E-state index is -0.469. The Morgan fingerprint density at radius 3 is 2.64 bits per heavy atom. The van der Waals surface area contributed by atoms with E-state index in [1.807, 2.05) is 12.1 Å². The standard InChI is InChI=1S/C19H19N3O3/c20-14-16(15-6-5-7-17(12-15)22(23)24)13-18-8-9-19(25-18)21-10-3-1-2-4-11-21/h5-9,12-13H,1-4,10-11H2/b16-13-. The number of nitrogens with zero attached hydrogens (tertiary/aromatic N) is 3. The summed E-state index contributed by atoms with van der Waals surface area (Å²) in [6, 6.07) is 11.9. The van der Waals surface area contributed by atoms with Crippen LogP contribution in [0.3, 0.4) is 0 Å². The Balaban J connectivity index is 1.84. The number of nitro groups is 1. The van der Waals surface area contributed by atoms with Crippen LogP contribution in [0, 0.1) is 21.4 Å². The van der Waals surface area contributed by atoms with Crippen molar-refractivity contribution < 1.29 is 9.34 Å². The third-order valence-electron chi connectivity index (χ3n) is 4.31. The average molecular weight is 337 g/mol. The molecule has 2 heterocycles. The molecule has 0 spiro atoms. The largest absolute Gasteiger partial charge is 0.441 e. The molecule has 0 aliphatic carbocycles. The summed E-state index contributed by atoms with van der Waals surface area (Å²) in [5, 5.41) is 20.3. The molecule has 1 aliphatic heterocycles. The summed E-state index contributed by atoms with van der Waals surface area (Å²) >= 11 is 0. The lowest BCUT2D eigenvalue weighted by Crippen LogP contribution is -2.23. The number of benzene rings is 1. The van der Waals surface area contributed by atoms with Gasteiger partial charge in [-0.05, 0) is 30.5 Å². The molecule has 1 aliphatic rings. The van der Waals surface area contributed by atoms with Crippen molar-refractivity contribution in [1.82, 2.24) is 0 Å². The van der Waals surface area contributed by atoms with E-state index < -0.39 is 4.92 Å².